The number of aliphatic imine (C=N–C) groups is 1. The van der Waals surface area contributed by atoms with Crippen LogP contribution in [0.1, 0.15) is 26.3 Å². The lowest BCUT2D eigenvalue weighted by atomic mass is 10.2. The normalized spacial score (nSPS) is 11.6. The van der Waals surface area contributed by atoms with Gasteiger partial charge in [-0.25, -0.2) is 0 Å². The fourth-order valence-electron chi connectivity index (χ4n) is 1.99. The third-order valence-electron chi connectivity index (χ3n) is 3.10. The minimum atomic E-state index is 0. The van der Waals surface area contributed by atoms with Gasteiger partial charge in [0.15, 0.2) is 5.96 Å². The molecule has 4 nitrogen and oxygen atoms in total. The summed E-state index contributed by atoms with van der Waals surface area (Å²) in [7, 11) is 0. The number of rotatable bonds is 6. The highest BCUT2D eigenvalue weighted by molar-refractivity contribution is 14.0. The predicted octanol–water partition coefficient (Wildman–Crippen LogP) is 3.07. The van der Waals surface area contributed by atoms with Gasteiger partial charge in [0, 0.05) is 18.3 Å². The molecule has 0 bridgehead atoms. The Balaban J connectivity index is 0.00000361. The summed E-state index contributed by atoms with van der Waals surface area (Å²) < 4.78 is 0. The molecular weight excluding hydrogens is 363 g/mol. The van der Waals surface area contributed by atoms with Crippen LogP contribution in [0.25, 0.3) is 0 Å². The molecule has 0 aliphatic rings. The highest BCUT2D eigenvalue weighted by atomic mass is 127. The summed E-state index contributed by atoms with van der Waals surface area (Å²) in [4.78, 5) is 6.73. The zero-order valence-corrected chi connectivity index (χ0v) is 15.2. The van der Waals surface area contributed by atoms with E-state index < -0.39 is 0 Å². The number of nitrogens with two attached hydrogens (primary N) is 1. The fourth-order valence-corrected chi connectivity index (χ4v) is 1.99. The molecule has 20 heavy (non-hydrogen) atoms. The van der Waals surface area contributed by atoms with E-state index in [1.165, 1.54) is 5.56 Å². The Hall–Kier alpha value is -0.820. The van der Waals surface area contributed by atoms with Crippen molar-refractivity contribution in [3.63, 3.8) is 0 Å². The molecule has 1 aromatic rings. The molecule has 0 amide bonds. The van der Waals surface area contributed by atoms with E-state index in [9.17, 15) is 0 Å². The van der Waals surface area contributed by atoms with Crippen molar-refractivity contribution in [2.24, 2.45) is 10.7 Å². The van der Waals surface area contributed by atoms with Gasteiger partial charge in [-0.05, 0) is 45.0 Å². The number of hydrogen-bond donors (Lipinski definition) is 2. The molecule has 0 aliphatic carbocycles. The highest BCUT2D eigenvalue weighted by Crippen LogP contribution is 2.08. The Morgan fingerprint density at radius 2 is 2.10 bits per heavy atom. The van der Waals surface area contributed by atoms with Gasteiger partial charge in [-0.2, -0.15) is 0 Å². The SMILES string of the molecule is CCN(CCN=C(N)Nc1cccc(C)c1)C(C)C.I. The van der Waals surface area contributed by atoms with Crippen LogP contribution < -0.4 is 11.1 Å². The van der Waals surface area contributed by atoms with Gasteiger partial charge in [0.05, 0.1) is 6.54 Å². The minimum absolute atomic E-state index is 0. The van der Waals surface area contributed by atoms with E-state index in [0.717, 1.165) is 25.3 Å². The summed E-state index contributed by atoms with van der Waals surface area (Å²) >= 11 is 0. The maximum absolute atomic E-state index is 5.88. The van der Waals surface area contributed by atoms with Crippen molar-refractivity contribution >= 4 is 35.6 Å². The van der Waals surface area contributed by atoms with Crippen LogP contribution in [0.15, 0.2) is 29.3 Å². The van der Waals surface area contributed by atoms with Crippen molar-refractivity contribution in [3.8, 4) is 0 Å². The number of likely N-dealkylation sites (N-methyl/N-ethyl adjacent to an activating group) is 1. The molecule has 0 radical (unpaired) electrons. The Morgan fingerprint density at radius 1 is 1.40 bits per heavy atom. The van der Waals surface area contributed by atoms with Crippen LogP contribution in [-0.4, -0.2) is 36.5 Å². The van der Waals surface area contributed by atoms with Crippen molar-refractivity contribution < 1.29 is 0 Å². The van der Waals surface area contributed by atoms with Crippen molar-refractivity contribution in [2.75, 3.05) is 25.0 Å². The summed E-state index contributed by atoms with van der Waals surface area (Å²) in [5.74, 6) is 0.477. The van der Waals surface area contributed by atoms with Crippen LogP contribution in [0.2, 0.25) is 0 Å². The van der Waals surface area contributed by atoms with Crippen LogP contribution in [-0.2, 0) is 0 Å². The third kappa shape index (κ3) is 7.09. The van der Waals surface area contributed by atoms with Crippen molar-refractivity contribution in [1.82, 2.24) is 4.90 Å². The predicted molar refractivity (Wildman–Crippen MR) is 99.1 cm³/mol. The molecule has 1 rings (SSSR count). The summed E-state index contributed by atoms with van der Waals surface area (Å²) in [6.07, 6.45) is 0. The maximum atomic E-state index is 5.88. The van der Waals surface area contributed by atoms with Gasteiger partial charge < -0.3 is 11.1 Å². The molecular formula is C15H27IN4. The summed E-state index contributed by atoms with van der Waals surface area (Å²) in [6, 6.07) is 8.64. The van der Waals surface area contributed by atoms with Crippen LogP contribution in [0.5, 0.6) is 0 Å². The molecule has 0 aromatic heterocycles. The lowest BCUT2D eigenvalue weighted by Crippen LogP contribution is -2.33. The number of hydrogen-bond acceptors (Lipinski definition) is 2. The first-order chi connectivity index (χ1) is 9.02. The number of halogens is 1. The minimum Gasteiger partial charge on any atom is -0.370 e. The number of aryl methyl sites for hydroxylation is 1. The Kier molecular flexibility index (Phi) is 9.58. The third-order valence-corrected chi connectivity index (χ3v) is 3.10. The second-order valence-electron chi connectivity index (χ2n) is 4.98. The molecule has 0 saturated carbocycles. The van der Waals surface area contributed by atoms with Crippen LogP contribution in [0.4, 0.5) is 5.69 Å². The first kappa shape index (κ1) is 19.2. The van der Waals surface area contributed by atoms with Crippen molar-refractivity contribution in [3.05, 3.63) is 29.8 Å². The first-order valence-corrected chi connectivity index (χ1v) is 6.90. The number of guanidine groups is 1. The van der Waals surface area contributed by atoms with Crippen LogP contribution in [0, 0.1) is 6.92 Å². The van der Waals surface area contributed by atoms with Gasteiger partial charge in [-0.15, -0.1) is 24.0 Å². The Bertz CT molecular complexity index is 418. The van der Waals surface area contributed by atoms with E-state index in [1.807, 2.05) is 12.1 Å². The molecule has 0 saturated heterocycles. The largest absolute Gasteiger partial charge is 0.370 e. The van der Waals surface area contributed by atoms with Gasteiger partial charge in [-0.3, -0.25) is 9.89 Å². The first-order valence-electron chi connectivity index (χ1n) is 6.90. The molecule has 0 unspecified atom stereocenters. The van der Waals surface area contributed by atoms with Gasteiger partial charge in [0.25, 0.3) is 0 Å². The average molecular weight is 390 g/mol. The zero-order chi connectivity index (χ0) is 14.3. The van der Waals surface area contributed by atoms with E-state index in [1.54, 1.807) is 0 Å². The van der Waals surface area contributed by atoms with Gasteiger partial charge in [0.1, 0.15) is 0 Å². The summed E-state index contributed by atoms with van der Waals surface area (Å²) in [5, 5.41) is 3.11. The number of nitrogens with zero attached hydrogens (tertiary/aromatic N) is 2. The maximum Gasteiger partial charge on any atom is 0.193 e. The smallest absolute Gasteiger partial charge is 0.193 e. The topological polar surface area (TPSA) is 53.6 Å². The molecule has 0 fully saturated rings. The zero-order valence-electron chi connectivity index (χ0n) is 12.9. The van der Waals surface area contributed by atoms with Gasteiger partial charge in [0.2, 0.25) is 0 Å². The molecule has 114 valence electrons. The van der Waals surface area contributed by atoms with Crippen molar-refractivity contribution in [2.45, 2.75) is 33.7 Å². The second-order valence-corrected chi connectivity index (χ2v) is 4.98. The van der Waals surface area contributed by atoms with Crippen molar-refractivity contribution in [1.29, 1.82) is 0 Å². The number of benzene rings is 1. The Labute approximate surface area is 139 Å². The van der Waals surface area contributed by atoms with Gasteiger partial charge >= 0.3 is 0 Å². The Morgan fingerprint density at radius 3 is 2.65 bits per heavy atom. The van der Waals surface area contributed by atoms with E-state index >= 15 is 0 Å². The standard InChI is InChI=1S/C15H26N4.HI/c1-5-19(12(2)3)10-9-17-15(16)18-14-8-6-7-13(4)11-14;/h6-8,11-12H,5,9-10H2,1-4H3,(H3,16,17,18);1H. The number of anilines is 1. The van der Waals surface area contributed by atoms with E-state index in [-0.39, 0.29) is 24.0 Å². The van der Waals surface area contributed by atoms with E-state index in [2.05, 4.69) is 55.0 Å². The van der Waals surface area contributed by atoms with Crippen LogP contribution >= 0.6 is 24.0 Å². The monoisotopic (exact) mass is 390 g/mol. The molecule has 0 heterocycles. The molecule has 1 aromatic carbocycles. The summed E-state index contributed by atoms with van der Waals surface area (Å²) in [5.41, 5.74) is 8.07. The second kappa shape index (κ2) is 9.99. The molecule has 0 aliphatic heterocycles. The van der Waals surface area contributed by atoms with Gasteiger partial charge in [-0.1, -0.05) is 19.1 Å². The lowest BCUT2D eigenvalue weighted by molar-refractivity contribution is 0.241. The lowest BCUT2D eigenvalue weighted by Gasteiger charge is -2.23. The summed E-state index contributed by atoms with van der Waals surface area (Å²) in [6.45, 7) is 11.3. The molecule has 3 N–H and O–H groups in total. The molecule has 0 spiro atoms. The quantitative estimate of drug-likeness (QED) is 0.446. The fraction of sp³-hybridized carbons (Fsp3) is 0.533. The molecule has 0 atom stereocenters. The van der Waals surface area contributed by atoms with E-state index in [0.29, 0.717) is 12.0 Å². The average Bonchev–Trinajstić information content (AvgIpc) is 2.34. The molecule has 5 heteroatoms. The van der Waals surface area contributed by atoms with Crippen LogP contribution in [0.3, 0.4) is 0 Å². The number of nitrogens with one attached hydrogen (secondary N) is 1. The highest BCUT2D eigenvalue weighted by Gasteiger charge is 2.05. The van der Waals surface area contributed by atoms with E-state index in [4.69, 9.17) is 5.73 Å².